The van der Waals surface area contributed by atoms with Crippen molar-refractivity contribution in [3.05, 3.63) is 29.8 Å². The third-order valence-electron chi connectivity index (χ3n) is 3.51. The number of rotatable bonds is 4. The second-order valence-electron chi connectivity index (χ2n) is 5.05. The topological polar surface area (TPSA) is 44.4 Å². The van der Waals surface area contributed by atoms with Gasteiger partial charge in [0.1, 0.15) is 11.6 Å². The number of amides is 1. The quantitative estimate of drug-likeness (QED) is 0.882. The van der Waals surface area contributed by atoms with Gasteiger partial charge in [-0.15, -0.1) is 0 Å². The molecule has 0 atom stereocenters. The SMILES string of the molecule is CNC1CCN(CC(=O)Nc2cc(F)cc(F)c2)CC1. The number of hydrogen-bond donors (Lipinski definition) is 2. The highest BCUT2D eigenvalue weighted by Crippen LogP contribution is 2.14. The van der Waals surface area contributed by atoms with Crippen LogP contribution in [0.3, 0.4) is 0 Å². The van der Waals surface area contributed by atoms with Crippen molar-refractivity contribution in [3.63, 3.8) is 0 Å². The molecular formula is C14H19F2N3O. The molecule has 0 saturated carbocycles. The molecule has 1 aromatic carbocycles. The van der Waals surface area contributed by atoms with E-state index in [0.29, 0.717) is 6.04 Å². The van der Waals surface area contributed by atoms with Gasteiger partial charge in [-0.05, 0) is 32.0 Å². The van der Waals surface area contributed by atoms with Crippen LogP contribution >= 0.6 is 0 Å². The van der Waals surface area contributed by atoms with Crippen LogP contribution in [-0.4, -0.2) is 43.5 Å². The van der Waals surface area contributed by atoms with Gasteiger partial charge >= 0.3 is 0 Å². The van der Waals surface area contributed by atoms with Gasteiger partial charge in [-0.2, -0.15) is 0 Å². The van der Waals surface area contributed by atoms with Gasteiger partial charge in [0.05, 0.1) is 6.54 Å². The molecule has 0 radical (unpaired) electrons. The molecule has 110 valence electrons. The van der Waals surface area contributed by atoms with E-state index < -0.39 is 11.6 Å². The number of benzene rings is 1. The Hall–Kier alpha value is -1.53. The van der Waals surface area contributed by atoms with Gasteiger partial charge in [0.25, 0.3) is 0 Å². The van der Waals surface area contributed by atoms with Crippen LogP contribution in [0, 0.1) is 11.6 Å². The van der Waals surface area contributed by atoms with Crippen molar-refractivity contribution in [2.75, 3.05) is 32.0 Å². The number of carbonyl (C=O) groups is 1. The van der Waals surface area contributed by atoms with Crippen LogP contribution in [0.1, 0.15) is 12.8 Å². The van der Waals surface area contributed by atoms with Gasteiger partial charge in [0, 0.05) is 30.9 Å². The first-order chi connectivity index (χ1) is 9.56. The number of nitrogens with zero attached hydrogens (tertiary/aromatic N) is 1. The fraction of sp³-hybridized carbons (Fsp3) is 0.500. The summed E-state index contributed by atoms with van der Waals surface area (Å²) in [6, 6.07) is 3.49. The lowest BCUT2D eigenvalue weighted by molar-refractivity contribution is -0.117. The third kappa shape index (κ3) is 4.25. The monoisotopic (exact) mass is 283 g/mol. The molecule has 0 unspecified atom stereocenters. The van der Waals surface area contributed by atoms with Gasteiger partial charge in [-0.1, -0.05) is 0 Å². The van der Waals surface area contributed by atoms with E-state index in [9.17, 15) is 13.6 Å². The Balaban J connectivity index is 1.83. The predicted octanol–water partition coefficient (Wildman–Crippen LogP) is 1.59. The first-order valence-electron chi connectivity index (χ1n) is 6.72. The minimum Gasteiger partial charge on any atom is -0.325 e. The predicted molar refractivity (Wildman–Crippen MR) is 73.5 cm³/mol. The molecule has 2 rings (SSSR count). The van der Waals surface area contributed by atoms with Crippen molar-refractivity contribution in [3.8, 4) is 0 Å². The zero-order valence-corrected chi connectivity index (χ0v) is 11.5. The maximum atomic E-state index is 13.0. The highest BCUT2D eigenvalue weighted by molar-refractivity contribution is 5.92. The molecule has 1 aromatic rings. The number of piperidine rings is 1. The van der Waals surface area contributed by atoms with Crippen molar-refractivity contribution in [1.82, 2.24) is 10.2 Å². The third-order valence-corrected chi connectivity index (χ3v) is 3.51. The lowest BCUT2D eigenvalue weighted by Crippen LogP contribution is -2.44. The van der Waals surface area contributed by atoms with Crippen molar-refractivity contribution < 1.29 is 13.6 Å². The second-order valence-corrected chi connectivity index (χ2v) is 5.05. The summed E-state index contributed by atoms with van der Waals surface area (Å²) in [4.78, 5) is 13.9. The zero-order chi connectivity index (χ0) is 14.5. The average Bonchev–Trinajstić information content (AvgIpc) is 2.38. The number of hydrogen-bond acceptors (Lipinski definition) is 3. The maximum absolute atomic E-state index is 13.0. The molecule has 1 aliphatic heterocycles. The highest BCUT2D eigenvalue weighted by Gasteiger charge is 2.19. The van der Waals surface area contributed by atoms with E-state index in [1.54, 1.807) is 0 Å². The van der Waals surface area contributed by atoms with Crippen LogP contribution in [0.4, 0.5) is 14.5 Å². The summed E-state index contributed by atoms with van der Waals surface area (Å²) in [5.41, 5.74) is 0.151. The fourth-order valence-electron chi connectivity index (χ4n) is 2.41. The first kappa shape index (κ1) is 14.9. The number of anilines is 1. The molecule has 1 aliphatic rings. The normalized spacial score (nSPS) is 17.1. The zero-order valence-electron chi connectivity index (χ0n) is 11.5. The molecule has 0 spiro atoms. The summed E-state index contributed by atoms with van der Waals surface area (Å²) >= 11 is 0. The highest BCUT2D eigenvalue weighted by atomic mass is 19.1. The van der Waals surface area contributed by atoms with Crippen LogP contribution in [0.5, 0.6) is 0 Å². The minimum absolute atomic E-state index is 0.151. The van der Waals surface area contributed by atoms with Crippen molar-refractivity contribution in [2.24, 2.45) is 0 Å². The number of halogens is 2. The van der Waals surface area contributed by atoms with Gasteiger partial charge in [0.15, 0.2) is 0 Å². The average molecular weight is 283 g/mol. The first-order valence-corrected chi connectivity index (χ1v) is 6.72. The molecule has 6 heteroatoms. The van der Waals surface area contributed by atoms with Gasteiger partial charge in [-0.3, -0.25) is 9.69 Å². The molecule has 1 amide bonds. The lowest BCUT2D eigenvalue weighted by Gasteiger charge is -2.31. The van der Waals surface area contributed by atoms with E-state index in [1.165, 1.54) is 0 Å². The maximum Gasteiger partial charge on any atom is 0.238 e. The summed E-state index contributed by atoms with van der Waals surface area (Å²) in [7, 11) is 1.94. The van der Waals surface area contributed by atoms with Crippen LogP contribution in [0.25, 0.3) is 0 Å². The van der Waals surface area contributed by atoms with Crippen LogP contribution in [-0.2, 0) is 4.79 Å². The number of carbonyl (C=O) groups excluding carboxylic acids is 1. The minimum atomic E-state index is -0.699. The molecule has 1 heterocycles. The molecule has 1 saturated heterocycles. The Bertz CT molecular complexity index is 453. The summed E-state index contributed by atoms with van der Waals surface area (Å²) in [5.74, 6) is -1.65. The number of nitrogens with one attached hydrogen (secondary N) is 2. The standard InChI is InChI=1S/C14H19F2N3O/c1-17-12-2-4-19(5-3-12)9-14(20)18-13-7-10(15)6-11(16)8-13/h6-8,12,17H,2-5,9H2,1H3,(H,18,20). The van der Waals surface area contributed by atoms with Crippen molar-refractivity contribution in [2.45, 2.75) is 18.9 Å². The van der Waals surface area contributed by atoms with Crippen LogP contribution in [0.15, 0.2) is 18.2 Å². The smallest absolute Gasteiger partial charge is 0.238 e. The fourth-order valence-corrected chi connectivity index (χ4v) is 2.41. The summed E-state index contributed by atoms with van der Waals surface area (Å²) in [6.07, 6.45) is 2.00. The Morgan fingerprint density at radius 2 is 1.85 bits per heavy atom. The Morgan fingerprint density at radius 3 is 2.40 bits per heavy atom. The molecule has 2 N–H and O–H groups in total. The molecule has 0 bridgehead atoms. The Morgan fingerprint density at radius 1 is 1.25 bits per heavy atom. The van der Waals surface area contributed by atoms with Crippen molar-refractivity contribution >= 4 is 11.6 Å². The summed E-state index contributed by atoms with van der Waals surface area (Å²) < 4.78 is 26.0. The second kappa shape index (κ2) is 6.76. The molecule has 0 aromatic heterocycles. The molecule has 1 fully saturated rings. The van der Waals surface area contributed by atoms with Crippen molar-refractivity contribution in [1.29, 1.82) is 0 Å². The van der Waals surface area contributed by atoms with E-state index in [2.05, 4.69) is 10.6 Å². The molecular weight excluding hydrogens is 264 g/mol. The largest absolute Gasteiger partial charge is 0.325 e. The molecule has 0 aliphatic carbocycles. The number of likely N-dealkylation sites (tertiary alicyclic amines) is 1. The lowest BCUT2D eigenvalue weighted by atomic mass is 10.1. The summed E-state index contributed by atoms with van der Waals surface area (Å²) in [6.45, 7) is 1.93. The molecule has 20 heavy (non-hydrogen) atoms. The van der Waals surface area contributed by atoms with E-state index in [-0.39, 0.29) is 18.1 Å². The Labute approximate surface area is 117 Å². The van der Waals surface area contributed by atoms with E-state index in [4.69, 9.17) is 0 Å². The van der Waals surface area contributed by atoms with Gasteiger partial charge in [0.2, 0.25) is 5.91 Å². The van der Waals surface area contributed by atoms with Crippen LogP contribution < -0.4 is 10.6 Å². The van der Waals surface area contributed by atoms with E-state index in [0.717, 1.165) is 44.1 Å². The molecule has 4 nitrogen and oxygen atoms in total. The van der Waals surface area contributed by atoms with Gasteiger partial charge < -0.3 is 10.6 Å². The van der Waals surface area contributed by atoms with Crippen LogP contribution in [0.2, 0.25) is 0 Å². The Kier molecular flexibility index (Phi) is 5.03. The van der Waals surface area contributed by atoms with Gasteiger partial charge in [-0.25, -0.2) is 8.78 Å². The van der Waals surface area contributed by atoms with E-state index >= 15 is 0 Å². The summed E-state index contributed by atoms with van der Waals surface area (Å²) in [5, 5.41) is 5.74. The van der Waals surface area contributed by atoms with E-state index in [1.807, 2.05) is 11.9 Å².